The summed E-state index contributed by atoms with van der Waals surface area (Å²) in [7, 11) is -10.9. The molecule has 0 saturated heterocycles. The zero-order valence-electron chi connectivity index (χ0n) is 9.89. The smallest absolute Gasteiger partial charge is 0.428 e. The number of nitrogens with zero attached hydrogens (tertiary/aromatic N) is 1. The van der Waals surface area contributed by atoms with E-state index in [1.54, 1.807) is 0 Å². The van der Waals surface area contributed by atoms with Crippen molar-refractivity contribution >= 4 is 20.0 Å². The molecule has 5 nitrogen and oxygen atoms in total. The average molecular weight is 319 g/mol. The summed E-state index contributed by atoms with van der Waals surface area (Å²) >= 11 is 0. The molecule has 12 heteroatoms. The Hall–Kier alpha value is 0.177. The molecule has 19 heavy (non-hydrogen) atoms. The Morgan fingerprint density at radius 1 is 0.947 bits per heavy atom. The van der Waals surface area contributed by atoms with Crippen LogP contribution in [-0.2, 0) is 20.0 Å². The van der Waals surface area contributed by atoms with Crippen LogP contribution in [0, 0.1) is 0 Å². The van der Waals surface area contributed by atoms with Gasteiger partial charge in [0.15, 0.2) is 10.0 Å². The standard InChI is InChI=1S/C7H10F4NO4S2.Li/c8-5-1-3-6(4-2-5)17(13,14)12-18(15,16)7(9,10)11;/h5-6H,1-4H2;/q-1;+1. The summed E-state index contributed by atoms with van der Waals surface area (Å²) < 4.78 is 94.7. The Bertz CT molecular complexity index is 496. The molecule has 0 amide bonds. The van der Waals surface area contributed by atoms with Crippen molar-refractivity contribution < 1.29 is 53.3 Å². The molecular formula is C7H10F4LiNO4S2. The van der Waals surface area contributed by atoms with E-state index in [1.165, 1.54) is 0 Å². The van der Waals surface area contributed by atoms with Crippen LogP contribution in [0.2, 0.25) is 0 Å². The molecule has 1 aliphatic carbocycles. The number of alkyl halides is 4. The Balaban J connectivity index is 0.00000324. The van der Waals surface area contributed by atoms with E-state index in [2.05, 4.69) is 0 Å². The molecule has 1 rings (SSSR count). The molecule has 0 N–H and O–H groups in total. The summed E-state index contributed by atoms with van der Waals surface area (Å²) in [6.45, 7) is 0. The minimum absolute atomic E-state index is 0. The maximum Gasteiger partial charge on any atom is 1.00 e. The van der Waals surface area contributed by atoms with Crippen molar-refractivity contribution in [3.63, 3.8) is 0 Å². The first kappa shape index (κ1) is 19.2. The first-order chi connectivity index (χ1) is 7.96. The molecule has 0 spiro atoms. The van der Waals surface area contributed by atoms with Crippen LogP contribution in [0.3, 0.4) is 0 Å². The molecule has 0 heterocycles. The average Bonchev–Trinajstić information content (AvgIpc) is 2.14. The van der Waals surface area contributed by atoms with Crippen LogP contribution in [0.1, 0.15) is 25.7 Å². The molecule has 0 atom stereocenters. The third kappa shape index (κ3) is 4.89. The van der Waals surface area contributed by atoms with Crippen molar-refractivity contribution in [2.75, 3.05) is 0 Å². The largest absolute Gasteiger partial charge is 1.00 e. The maximum absolute atomic E-state index is 12.7. The fourth-order valence-electron chi connectivity index (χ4n) is 1.56. The molecule has 0 aromatic carbocycles. The monoisotopic (exact) mass is 319 g/mol. The van der Waals surface area contributed by atoms with Gasteiger partial charge in [-0.15, -0.1) is 0 Å². The van der Waals surface area contributed by atoms with Crippen LogP contribution in [0.5, 0.6) is 0 Å². The SMILES string of the molecule is O=S(=O)([N-]S(=O)(=O)C(F)(F)F)C1CCC(F)CC1.[Li+]. The van der Waals surface area contributed by atoms with Gasteiger partial charge < -0.3 is 4.13 Å². The number of hydrogen-bond donors (Lipinski definition) is 0. The minimum atomic E-state index is -6.07. The van der Waals surface area contributed by atoms with Gasteiger partial charge >= 0.3 is 24.4 Å². The molecule has 0 aromatic heterocycles. The summed E-state index contributed by atoms with van der Waals surface area (Å²) in [4.78, 5) is 0. The second-order valence-electron chi connectivity index (χ2n) is 3.88. The van der Waals surface area contributed by atoms with Gasteiger partial charge in [0.1, 0.15) is 6.17 Å². The van der Waals surface area contributed by atoms with Gasteiger partial charge in [-0.05, 0) is 25.7 Å². The topological polar surface area (TPSA) is 82.4 Å². The predicted octanol–water partition coefficient (Wildman–Crippen LogP) is -1.18. The van der Waals surface area contributed by atoms with Crippen LogP contribution in [0.4, 0.5) is 17.6 Å². The minimum Gasteiger partial charge on any atom is -0.428 e. The molecule has 0 unspecified atom stereocenters. The van der Waals surface area contributed by atoms with Gasteiger partial charge in [0.25, 0.3) is 0 Å². The van der Waals surface area contributed by atoms with E-state index >= 15 is 0 Å². The normalized spacial score (nSPS) is 25.7. The van der Waals surface area contributed by atoms with E-state index in [9.17, 15) is 34.4 Å². The number of halogens is 4. The number of rotatable bonds is 3. The summed E-state index contributed by atoms with van der Waals surface area (Å²) in [5.41, 5.74) is -5.75. The Labute approximate surface area is 120 Å². The second kappa shape index (κ2) is 6.30. The van der Waals surface area contributed by atoms with E-state index in [0.29, 0.717) is 0 Å². The van der Waals surface area contributed by atoms with E-state index < -0.39 is 37.0 Å². The van der Waals surface area contributed by atoms with E-state index in [-0.39, 0.29) is 44.5 Å². The van der Waals surface area contributed by atoms with Gasteiger partial charge in [-0.2, -0.15) is 13.2 Å². The van der Waals surface area contributed by atoms with Crippen molar-refractivity contribution in [1.82, 2.24) is 0 Å². The van der Waals surface area contributed by atoms with Gasteiger partial charge in [-0.1, -0.05) is 0 Å². The van der Waals surface area contributed by atoms with Crippen LogP contribution in [-0.4, -0.2) is 33.8 Å². The molecule has 0 aromatic rings. The zero-order valence-corrected chi connectivity index (χ0v) is 11.5. The molecular weight excluding hydrogens is 309 g/mol. The molecule has 1 fully saturated rings. The predicted molar refractivity (Wildman–Crippen MR) is 54.4 cm³/mol. The zero-order chi connectivity index (χ0) is 14.2. The quantitative estimate of drug-likeness (QED) is 0.484. The van der Waals surface area contributed by atoms with Gasteiger partial charge in [-0.25, -0.2) is 21.2 Å². The molecule has 0 radical (unpaired) electrons. The van der Waals surface area contributed by atoms with E-state index in [4.69, 9.17) is 0 Å². The van der Waals surface area contributed by atoms with E-state index in [0.717, 1.165) is 0 Å². The molecule has 0 aliphatic heterocycles. The molecule has 0 bridgehead atoms. The summed E-state index contributed by atoms with van der Waals surface area (Å²) in [6.07, 6.45) is -1.95. The second-order valence-corrected chi connectivity index (χ2v) is 7.59. The fraction of sp³-hybridized carbons (Fsp3) is 1.00. The molecule has 1 aliphatic rings. The Kier molecular flexibility index (Phi) is 6.36. The van der Waals surface area contributed by atoms with Crippen molar-refractivity contribution in [3.8, 4) is 0 Å². The van der Waals surface area contributed by atoms with Gasteiger partial charge in [0.2, 0.25) is 0 Å². The van der Waals surface area contributed by atoms with Crippen LogP contribution in [0.15, 0.2) is 0 Å². The summed E-state index contributed by atoms with van der Waals surface area (Å²) in [5, 5.41) is -1.37. The third-order valence-electron chi connectivity index (χ3n) is 2.52. The first-order valence-corrected chi connectivity index (χ1v) is 7.83. The van der Waals surface area contributed by atoms with Crippen molar-refractivity contribution in [2.24, 2.45) is 0 Å². The molecule has 1 saturated carbocycles. The van der Waals surface area contributed by atoms with Crippen LogP contribution < -0.4 is 18.9 Å². The van der Waals surface area contributed by atoms with Gasteiger partial charge in [-0.3, -0.25) is 0 Å². The van der Waals surface area contributed by atoms with Crippen molar-refractivity contribution in [3.05, 3.63) is 4.13 Å². The summed E-state index contributed by atoms with van der Waals surface area (Å²) in [6, 6.07) is 0. The Morgan fingerprint density at radius 2 is 1.37 bits per heavy atom. The fourth-order valence-corrected chi connectivity index (χ4v) is 4.35. The van der Waals surface area contributed by atoms with Crippen molar-refractivity contribution in [2.45, 2.75) is 42.6 Å². The van der Waals surface area contributed by atoms with Crippen LogP contribution in [0.25, 0.3) is 4.13 Å². The van der Waals surface area contributed by atoms with Crippen LogP contribution >= 0.6 is 0 Å². The summed E-state index contributed by atoms with van der Waals surface area (Å²) in [5.74, 6) is 0. The van der Waals surface area contributed by atoms with Gasteiger partial charge in [0, 0.05) is 5.25 Å². The van der Waals surface area contributed by atoms with Gasteiger partial charge in [0.05, 0.1) is 10.0 Å². The Morgan fingerprint density at radius 3 is 1.74 bits per heavy atom. The number of sulfonamides is 2. The number of hydrogen-bond acceptors (Lipinski definition) is 4. The third-order valence-corrected chi connectivity index (χ3v) is 6.03. The van der Waals surface area contributed by atoms with Crippen molar-refractivity contribution in [1.29, 1.82) is 0 Å². The van der Waals surface area contributed by atoms with E-state index in [1.807, 2.05) is 4.13 Å². The molecule has 108 valence electrons. The first-order valence-electron chi connectivity index (χ1n) is 4.89. The maximum atomic E-state index is 12.7.